The molecule has 0 aliphatic carbocycles. The minimum absolute atomic E-state index is 0.00381. The Balaban J connectivity index is 2.25. The number of nitriles is 1. The Morgan fingerprint density at radius 2 is 2.00 bits per heavy atom. The van der Waals surface area contributed by atoms with E-state index in [0.717, 1.165) is 0 Å². The molecule has 0 amide bonds. The second-order valence-electron chi connectivity index (χ2n) is 4.25. The number of rotatable bonds is 4. The van der Waals surface area contributed by atoms with Crippen molar-refractivity contribution in [2.45, 2.75) is 11.4 Å². The van der Waals surface area contributed by atoms with Crippen molar-refractivity contribution < 1.29 is 13.5 Å². The lowest BCUT2D eigenvalue weighted by Crippen LogP contribution is -2.23. The highest BCUT2D eigenvalue weighted by atomic mass is 35.5. The van der Waals surface area contributed by atoms with Gasteiger partial charge in [-0.05, 0) is 35.9 Å². The van der Waals surface area contributed by atoms with Gasteiger partial charge in [0.15, 0.2) is 0 Å². The summed E-state index contributed by atoms with van der Waals surface area (Å²) in [5, 5.41) is 18.2. The molecule has 0 bridgehead atoms. The molecule has 0 heterocycles. The highest BCUT2D eigenvalue weighted by Gasteiger charge is 2.18. The first-order valence-corrected chi connectivity index (χ1v) is 7.76. The van der Waals surface area contributed by atoms with Crippen LogP contribution in [0.2, 0.25) is 5.02 Å². The summed E-state index contributed by atoms with van der Waals surface area (Å²) in [6, 6.07) is 12.1. The first-order valence-electron chi connectivity index (χ1n) is 5.89. The zero-order valence-electron chi connectivity index (χ0n) is 10.7. The van der Waals surface area contributed by atoms with Crippen molar-refractivity contribution in [1.29, 1.82) is 5.26 Å². The molecule has 7 heteroatoms. The first-order chi connectivity index (χ1) is 9.92. The largest absolute Gasteiger partial charge is 0.508 e. The van der Waals surface area contributed by atoms with Crippen molar-refractivity contribution in [1.82, 2.24) is 4.72 Å². The van der Waals surface area contributed by atoms with E-state index >= 15 is 0 Å². The Morgan fingerprint density at radius 3 is 2.67 bits per heavy atom. The van der Waals surface area contributed by atoms with Crippen LogP contribution in [0.5, 0.6) is 5.75 Å². The number of benzene rings is 2. The van der Waals surface area contributed by atoms with Gasteiger partial charge < -0.3 is 5.11 Å². The number of halogens is 1. The predicted octanol–water partition coefficient (Wildman–Crippen LogP) is 2.40. The molecular formula is C14H11ClN2O3S. The number of phenols is 1. The number of hydrogen-bond donors (Lipinski definition) is 2. The third-order valence-electron chi connectivity index (χ3n) is 2.73. The summed E-state index contributed by atoms with van der Waals surface area (Å²) in [7, 11) is -3.85. The average Bonchev–Trinajstić information content (AvgIpc) is 2.46. The molecular weight excluding hydrogens is 312 g/mol. The van der Waals surface area contributed by atoms with Gasteiger partial charge in [0.25, 0.3) is 0 Å². The summed E-state index contributed by atoms with van der Waals surface area (Å²) >= 11 is 5.88. The van der Waals surface area contributed by atoms with E-state index in [1.54, 1.807) is 12.1 Å². The maximum atomic E-state index is 12.2. The van der Waals surface area contributed by atoms with Crippen LogP contribution in [0.15, 0.2) is 47.4 Å². The molecule has 0 unspecified atom stereocenters. The van der Waals surface area contributed by atoms with E-state index in [1.807, 2.05) is 6.07 Å². The number of hydrogen-bond acceptors (Lipinski definition) is 4. The van der Waals surface area contributed by atoms with E-state index in [1.165, 1.54) is 30.3 Å². The van der Waals surface area contributed by atoms with Crippen molar-refractivity contribution in [3.63, 3.8) is 0 Å². The van der Waals surface area contributed by atoms with Crippen LogP contribution in [0.1, 0.15) is 11.1 Å². The smallest absolute Gasteiger partial charge is 0.242 e. The summed E-state index contributed by atoms with van der Waals surface area (Å²) in [6.45, 7) is 0.00381. The summed E-state index contributed by atoms with van der Waals surface area (Å²) < 4.78 is 26.8. The predicted molar refractivity (Wildman–Crippen MR) is 78.3 cm³/mol. The molecule has 0 fully saturated rings. The molecule has 21 heavy (non-hydrogen) atoms. The number of phenolic OH excluding ortho intramolecular Hbond substituents is 1. The Hall–Kier alpha value is -2.07. The maximum absolute atomic E-state index is 12.2. The van der Waals surface area contributed by atoms with E-state index in [0.29, 0.717) is 5.56 Å². The van der Waals surface area contributed by atoms with Crippen LogP contribution >= 0.6 is 11.6 Å². The van der Waals surface area contributed by atoms with Gasteiger partial charge in [-0.1, -0.05) is 23.7 Å². The van der Waals surface area contributed by atoms with E-state index in [-0.39, 0.29) is 27.8 Å². The molecule has 0 aliphatic rings. The highest BCUT2D eigenvalue weighted by molar-refractivity contribution is 7.89. The van der Waals surface area contributed by atoms with E-state index in [2.05, 4.69) is 4.72 Å². The molecule has 2 aromatic rings. The summed E-state index contributed by atoms with van der Waals surface area (Å²) in [4.78, 5) is -0.150. The Bertz CT molecular complexity index is 813. The standard InChI is InChI=1S/C14H11ClN2O3S/c15-13-5-4-10(8-16)7-14(13)21(19,20)17-9-11-2-1-3-12(18)6-11/h1-7,17-18H,9H2. The first kappa shape index (κ1) is 15.3. The summed E-state index contributed by atoms with van der Waals surface area (Å²) in [6.07, 6.45) is 0. The Morgan fingerprint density at radius 1 is 1.24 bits per heavy atom. The molecule has 0 atom stereocenters. The lowest BCUT2D eigenvalue weighted by atomic mass is 10.2. The molecule has 0 aromatic heterocycles. The highest BCUT2D eigenvalue weighted by Crippen LogP contribution is 2.22. The van der Waals surface area contributed by atoms with Gasteiger partial charge in [0.05, 0.1) is 16.7 Å². The van der Waals surface area contributed by atoms with Crippen LogP contribution < -0.4 is 4.72 Å². The molecule has 2 aromatic carbocycles. The SMILES string of the molecule is N#Cc1ccc(Cl)c(S(=O)(=O)NCc2cccc(O)c2)c1. The number of sulfonamides is 1. The maximum Gasteiger partial charge on any atom is 0.242 e. The van der Waals surface area contributed by atoms with Gasteiger partial charge in [0.1, 0.15) is 10.6 Å². The minimum Gasteiger partial charge on any atom is -0.508 e. The zero-order valence-corrected chi connectivity index (χ0v) is 12.3. The van der Waals surface area contributed by atoms with Gasteiger partial charge in [0.2, 0.25) is 10.0 Å². The number of nitrogens with one attached hydrogen (secondary N) is 1. The van der Waals surface area contributed by atoms with Gasteiger partial charge in [-0.15, -0.1) is 0 Å². The Labute approximate surface area is 127 Å². The van der Waals surface area contributed by atoms with Crippen LogP contribution in [0.3, 0.4) is 0 Å². The molecule has 0 saturated carbocycles. The molecule has 2 N–H and O–H groups in total. The van der Waals surface area contributed by atoms with E-state index in [4.69, 9.17) is 16.9 Å². The molecule has 108 valence electrons. The average molecular weight is 323 g/mol. The lowest BCUT2D eigenvalue weighted by molar-refractivity contribution is 0.474. The van der Waals surface area contributed by atoms with Gasteiger partial charge in [0, 0.05) is 6.54 Å². The fourth-order valence-electron chi connectivity index (χ4n) is 1.70. The normalized spacial score (nSPS) is 11.0. The number of nitrogens with zero attached hydrogens (tertiary/aromatic N) is 1. The molecule has 2 rings (SSSR count). The quantitative estimate of drug-likeness (QED) is 0.904. The van der Waals surface area contributed by atoms with Crippen molar-refractivity contribution >= 4 is 21.6 Å². The second kappa shape index (κ2) is 6.14. The van der Waals surface area contributed by atoms with Crippen LogP contribution in [0, 0.1) is 11.3 Å². The summed E-state index contributed by atoms with van der Waals surface area (Å²) in [5.41, 5.74) is 0.809. The lowest BCUT2D eigenvalue weighted by Gasteiger charge is -2.09. The minimum atomic E-state index is -3.85. The summed E-state index contributed by atoms with van der Waals surface area (Å²) in [5.74, 6) is 0.0520. The van der Waals surface area contributed by atoms with E-state index in [9.17, 15) is 13.5 Å². The van der Waals surface area contributed by atoms with Crippen LogP contribution in [0.4, 0.5) is 0 Å². The van der Waals surface area contributed by atoms with E-state index < -0.39 is 10.0 Å². The third-order valence-corrected chi connectivity index (χ3v) is 4.61. The molecule has 0 saturated heterocycles. The molecule has 0 spiro atoms. The van der Waals surface area contributed by atoms with Crippen molar-refractivity contribution in [3.05, 3.63) is 58.6 Å². The van der Waals surface area contributed by atoms with Crippen molar-refractivity contribution in [2.24, 2.45) is 0 Å². The van der Waals surface area contributed by atoms with Gasteiger partial charge in [-0.25, -0.2) is 13.1 Å². The molecule has 5 nitrogen and oxygen atoms in total. The number of aromatic hydroxyl groups is 1. The van der Waals surface area contributed by atoms with Crippen molar-refractivity contribution in [3.8, 4) is 11.8 Å². The van der Waals surface area contributed by atoms with Crippen molar-refractivity contribution in [2.75, 3.05) is 0 Å². The van der Waals surface area contributed by atoms with Gasteiger partial charge in [-0.2, -0.15) is 5.26 Å². The fraction of sp³-hybridized carbons (Fsp3) is 0.0714. The molecule has 0 radical (unpaired) electrons. The second-order valence-corrected chi connectivity index (χ2v) is 6.39. The Kier molecular flexibility index (Phi) is 4.48. The third kappa shape index (κ3) is 3.73. The van der Waals surface area contributed by atoms with Gasteiger partial charge >= 0.3 is 0 Å². The topological polar surface area (TPSA) is 90.2 Å². The monoisotopic (exact) mass is 322 g/mol. The molecule has 0 aliphatic heterocycles. The van der Waals surface area contributed by atoms with Crippen LogP contribution in [-0.4, -0.2) is 13.5 Å². The zero-order chi connectivity index (χ0) is 15.5. The van der Waals surface area contributed by atoms with Crippen LogP contribution in [0.25, 0.3) is 0 Å². The fourth-order valence-corrected chi connectivity index (χ4v) is 3.24. The van der Waals surface area contributed by atoms with Gasteiger partial charge in [-0.3, -0.25) is 0 Å². The van der Waals surface area contributed by atoms with Crippen LogP contribution in [-0.2, 0) is 16.6 Å².